The first-order chi connectivity index (χ1) is 9.69. The van der Waals surface area contributed by atoms with E-state index in [-0.39, 0.29) is 6.10 Å². The second-order valence-electron chi connectivity index (χ2n) is 5.18. The van der Waals surface area contributed by atoms with Crippen LogP contribution in [-0.2, 0) is 4.74 Å². The van der Waals surface area contributed by atoms with Crippen molar-refractivity contribution in [3.05, 3.63) is 34.9 Å². The van der Waals surface area contributed by atoms with Crippen LogP contribution in [0.25, 0.3) is 0 Å². The van der Waals surface area contributed by atoms with Crippen molar-refractivity contribution in [3.8, 4) is 0 Å². The Morgan fingerprint density at radius 3 is 2.95 bits per heavy atom. The summed E-state index contributed by atoms with van der Waals surface area (Å²) in [5.41, 5.74) is 6.88. The molecule has 1 aromatic rings. The number of benzene rings is 1. The summed E-state index contributed by atoms with van der Waals surface area (Å²) in [7, 11) is 1.67. The predicted molar refractivity (Wildman–Crippen MR) is 83.0 cm³/mol. The molecule has 1 aromatic carbocycles. The van der Waals surface area contributed by atoms with Crippen LogP contribution in [-0.4, -0.2) is 26.2 Å². The molecule has 0 saturated heterocycles. The van der Waals surface area contributed by atoms with Crippen LogP contribution in [0.2, 0.25) is 5.02 Å². The highest BCUT2D eigenvalue weighted by Crippen LogP contribution is 2.25. The lowest BCUT2D eigenvalue weighted by molar-refractivity contribution is 0.111. The van der Waals surface area contributed by atoms with E-state index in [2.05, 4.69) is 10.3 Å². The van der Waals surface area contributed by atoms with Crippen LogP contribution in [0.4, 0.5) is 0 Å². The Labute approximate surface area is 125 Å². The first kappa shape index (κ1) is 15.1. The molecule has 1 aliphatic carbocycles. The molecule has 4 nitrogen and oxygen atoms in total. The SMILES string of the molecule is COC(CN=C(N)NCC1CCC1)c1cccc(Cl)c1. The minimum absolute atomic E-state index is 0.127. The van der Waals surface area contributed by atoms with Gasteiger partial charge in [0.1, 0.15) is 6.10 Å². The van der Waals surface area contributed by atoms with E-state index in [9.17, 15) is 0 Å². The largest absolute Gasteiger partial charge is 0.375 e. The predicted octanol–water partition coefficient (Wildman–Crippen LogP) is 2.73. The van der Waals surface area contributed by atoms with Crippen LogP contribution in [0.1, 0.15) is 30.9 Å². The third kappa shape index (κ3) is 4.39. The van der Waals surface area contributed by atoms with Crippen molar-refractivity contribution in [1.29, 1.82) is 0 Å². The molecule has 1 saturated carbocycles. The summed E-state index contributed by atoms with van der Waals surface area (Å²) >= 11 is 5.99. The van der Waals surface area contributed by atoms with Gasteiger partial charge < -0.3 is 15.8 Å². The Morgan fingerprint density at radius 1 is 1.55 bits per heavy atom. The zero-order chi connectivity index (χ0) is 14.4. The van der Waals surface area contributed by atoms with Crippen LogP contribution in [0.15, 0.2) is 29.3 Å². The highest BCUT2D eigenvalue weighted by atomic mass is 35.5. The van der Waals surface area contributed by atoms with E-state index in [1.54, 1.807) is 7.11 Å². The molecule has 0 amide bonds. The van der Waals surface area contributed by atoms with Crippen molar-refractivity contribution < 1.29 is 4.74 Å². The van der Waals surface area contributed by atoms with Crippen LogP contribution in [0.3, 0.4) is 0 Å². The van der Waals surface area contributed by atoms with Gasteiger partial charge in [-0.1, -0.05) is 30.2 Å². The zero-order valence-electron chi connectivity index (χ0n) is 11.8. The Balaban J connectivity index is 1.85. The smallest absolute Gasteiger partial charge is 0.188 e. The van der Waals surface area contributed by atoms with E-state index >= 15 is 0 Å². The van der Waals surface area contributed by atoms with Crippen molar-refractivity contribution in [2.45, 2.75) is 25.4 Å². The first-order valence-electron chi connectivity index (χ1n) is 7.01. The van der Waals surface area contributed by atoms with Gasteiger partial charge in [0.25, 0.3) is 0 Å². The van der Waals surface area contributed by atoms with Gasteiger partial charge in [-0.15, -0.1) is 0 Å². The molecule has 0 bridgehead atoms. The monoisotopic (exact) mass is 295 g/mol. The molecule has 0 aliphatic heterocycles. The summed E-state index contributed by atoms with van der Waals surface area (Å²) in [6.07, 6.45) is 3.80. The summed E-state index contributed by atoms with van der Waals surface area (Å²) in [5.74, 6) is 1.25. The number of nitrogens with two attached hydrogens (primary N) is 1. The maximum absolute atomic E-state index is 5.99. The summed E-state index contributed by atoms with van der Waals surface area (Å²) in [6, 6.07) is 7.62. The van der Waals surface area contributed by atoms with Gasteiger partial charge in [-0.3, -0.25) is 4.99 Å². The summed E-state index contributed by atoms with van der Waals surface area (Å²) in [4.78, 5) is 4.35. The van der Waals surface area contributed by atoms with Crippen LogP contribution < -0.4 is 11.1 Å². The molecule has 3 N–H and O–H groups in total. The van der Waals surface area contributed by atoms with Crippen LogP contribution in [0.5, 0.6) is 0 Å². The molecule has 1 unspecified atom stereocenters. The van der Waals surface area contributed by atoms with Gasteiger partial charge in [0.15, 0.2) is 5.96 Å². The van der Waals surface area contributed by atoms with Gasteiger partial charge >= 0.3 is 0 Å². The van der Waals surface area contributed by atoms with Gasteiger partial charge in [-0.2, -0.15) is 0 Å². The van der Waals surface area contributed by atoms with Crippen molar-refractivity contribution in [2.24, 2.45) is 16.6 Å². The maximum Gasteiger partial charge on any atom is 0.188 e. The van der Waals surface area contributed by atoms with Gasteiger partial charge in [-0.25, -0.2) is 0 Å². The quantitative estimate of drug-likeness (QED) is 0.627. The normalized spacial score (nSPS) is 17.6. The highest BCUT2D eigenvalue weighted by Gasteiger charge is 2.17. The van der Waals surface area contributed by atoms with Crippen molar-refractivity contribution in [1.82, 2.24) is 5.32 Å². The van der Waals surface area contributed by atoms with Crippen molar-refractivity contribution in [2.75, 3.05) is 20.2 Å². The summed E-state index contributed by atoms with van der Waals surface area (Å²) < 4.78 is 5.45. The molecule has 5 heteroatoms. The molecule has 1 atom stereocenters. The van der Waals surface area contributed by atoms with E-state index in [0.717, 1.165) is 18.0 Å². The number of halogens is 1. The third-order valence-corrected chi connectivity index (χ3v) is 3.96. The number of aliphatic imine (C=N–C) groups is 1. The number of guanidine groups is 1. The van der Waals surface area contributed by atoms with Gasteiger partial charge in [0.2, 0.25) is 0 Å². The molecule has 1 aliphatic rings. The molecule has 1 fully saturated rings. The minimum Gasteiger partial charge on any atom is -0.375 e. The van der Waals surface area contributed by atoms with Gasteiger partial charge in [0.05, 0.1) is 6.54 Å². The summed E-state index contributed by atoms with van der Waals surface area (Å²) in [6.45, 7) is 1.41. The minimum atomic E-state index is -0.127. The molecule has 0 heterocycles. The molecule has 2 rings (SSSR count). The Kier molecular flexibility index (Phi) is 5.68. The third-order valence-electron chi connectivity index (χ3n) is 3.73. The highest BCUT2D eigenvalue weighted by molar-refractivity contribution is 6.30. The van der Waals surface area contributed by atoms with E-state index in [4.69, 9.17) is 22.1 Å². The lowest BCUT2D eigenvalue weighted by Crippen LogP contribution is -2.37. The van der Waals surface area contributed by atoms with Gasteiger partial charge in [-0.05, 0) is 36.5 Å². The van der Waals surface area contributed by atoms with Crippen molar-refractivity contribution in [3.63, 3.8) is 0 Å². The lowest BCUT2D eigenvalue weighted by Gasteiger charge is -2.25. The number of hydrogen-bond donors (Lipinski definition) is 2. The number of methoxy groups -OCH3 is 1. The molecular formula is C15H22ClN3O. The molecule has 0 radical (unpaired) electrons. The van der Waals surface area contributed by atoms with Crippen LogP contribution >= 0.6 is 11.6 Å². The Hall–Kier alpha value is -1.26. The number of hydrogen-bond acceptors (Lipinski definition) is 2. The van der Waals surface area contributed by atoms with E-state index in [1.165, 1.54) is 19.3 Å². The fraction of sp³-hybridized carbons (Fsp3) is 0.533. The molecule has 0 aromatic heterocycles. The first-order valence-corrected chi connectivity index (χ1v) is 7.39. The number of nitrogens with zero attached hydrogens (tertiary/aromatic N) is 1. The van der Waals surface area contributed by atoms with E-state index in [1.807, 2.05) is 24.3 Å². The van der Waals surface area contributed by atoms with Crippen LogP contribution in [0, 0.1) is 5.92 Å². The topological polar surface area (TPSA) is 59.6 Å². The van der Waals surface area contributed by atoms with E-state index in [0.29, 0.717) is 17.5 Å². The molecule has 0 spiro atoms. The summed E-state index contributed by atoms with van der Waals surface area (Å²) in [5, 5.41) is 3.87. The second kappa shape index (κ2) is 7.50. The average Bonchev–Trinajstić information content (AvgIpc) is 2.38. The second-order valence-corrected chi connectivity index (χ2v) is 5.62. The van der Waals surface area contributed by atoms with Crippen molar-refractivity contribution >= 4 is 17.6 Å². The zero-order valence-corrected chi connectivity index (χ0v) is 12.6. The molecule has 20 heavy (non-hydrogen) atoms. The molecule has 110 valence electrons. The number of rotatable bonds is 6. The standard InChI is InChI=1S/C15H22ClN3O/c1-20-14(12-6-3-7-13(16)8-12)10-19-15(17)18-9-11-4-2-5-11/h3,6-8,11,14H,2,4-5,9-10H2,1H3,(H3,17,18,19). The fourth-order valence-corrected chi connectivity index (χ4v) is 2.40. The van der Waals surface area contributed by atoms with Gasteiger partial charge in [0, 0.05) is 18.7 Å². The molecular weight excluding hydrogens is 274 g/mol. The lowest BCUT2D eigenvalue weighted by atomic mass is 9.85. The average molecular weight is 296 g/mol. The number of nitrogens with one attached hydrogen (secondary N) is 1. The number of ether oxygens (including phenoxy) is 1. The Bertz CT molecular complexity index is 460. The Morgan fingerprint density at radius 2 is 2.35 bits per heavy atom. The van der Waals surface area contributed by atoms with E-state index < -0.39 is 0 Å². The fourth-order valence-electron chi connectivity index (χ4n) is 2.21. The maximum atomic E-state index is 5.99.